The van der Waals surface area contributed by atoms with E-state index in [4.69, 9.17) is 19.9 Å². The van der Waals surface area contributed by atoms with Gasteiger partial charge in [-0.05, 0) is 122 Å². The third-order valence-electron chi connectivity index (χ3n) is 16.6. The van der Waals surface area contributed by atoms with Gasteiger partial charge in [0, 0.05) is 30.0 Å². The first kappa shape index (κ1) is 45.9. The highest BCUT2D eigenvalue weighted by Crippen LogP contribution is 2.75. The molecule has 3 saturated carbocycles. The smallest absolute Gasteiger partial charge is 0.416 e. The maximum atomic E-state index is 13.7. The lowest BCUT2D eigenvalue weighted by molar-refractivity contribution is -0.263. The van der Waals surface area contributed by atoms with Gasteiger partial charge < -0.3 is 35.7 Å². The molecule has 60 heavy (non-hydrogen) atoms. The van der Waals surface area contributed by atoms with Gasteiger partial charge in [-0.2, -0.15) is 13.2 Å². The SMILES string of the molecule is CC(=O)O[C@@H]1C[C@@]23COC[C@@](C)([C@@H]2CC[C@H]2C3=CC[C@@]3(C)[C@H](C(=O)O)[C@@](C)([C@H](C)C(C)C)CC[C@]23C)[C@H]1OC(=O)C(N)CCCCNC(=O)Nc1ccc(C(F)(F)F)cc1. The van der Waals surface area contributed by atoms with Crippen molar-refractivity contribution in [2.45, 2.75) is 138 Å². The number of ether oxygens (including phenoxy) is 3. The topological polar surface area (TPSA) is 166 Å². The molecule has 0 spiro atoms. The maximum Gasteiger partial charge on any atom is 0.416 e. The molecule has 1 aromatic carbocycles. The van der Waals surface area contributed by atoms with Crippen molar-refractivity contribution in [3.8, 4) is 0 Å². The van der Waals surface area contributed by atoms with Crippen LogP contribution in [0.3, 0.4) is 0 Å². The molecule has 2 bridgehead atoms. The van der Waals surface area contributed by atoms with E-state index in [1.165, 1.54) is 24.6 Å². The number of urea groups is 1. The Bertz CT molecular complexity index is 1840. The molecule has 4 aliphatic carbocycles. The zero-order valence-corrected chi connectivity index (χ0v) is 36.5. The molecule has 14 heteroatoms. The fourth-order valence-corrected chi connectivity index (χ4v) is 13.0. The minimum atomic E-state index is -4.47. The number of nitrogens with two attached hydrogens (primary N) is 1. The van der Waals surface area contributed by atoms with Crippen LogP contribution in [0.15, 0.2) is 35.9 Å². The number of hydrogen-bond acceptors (Lipinski definition) is 8. The number of aliphatic carboxylic acids is 1. The number of hydrogen-bond donors (Lipinski definition) is 4. The molecular formula is C46H66F3N3O8. The fraction of sp³-hybridized carbons (Fsp3) is 0.739. The summed E-state index contributed by atoms with van der Waals surface area (Å²) in [6.45, 7) is 17.8. The van der Waals surface area contributed by atoms with Crippen LogP contribution >= 0.6 is 0 Å². The van der Waals surface area contributed by atoms with Crippen molar-refractivity contribution >= 4 is 29.6 Å². The number of fused-ring (bicyclic) bond motifs is 3. The Hall–Kier alpha value is -3.65. The molecular weight excluding hydrogens is 780 g/mol. The monoisotopic (exact) mass is 845 g/mol. The first-order valence-electron chi connectivity index (χ1n) is 21.8. The largest absolute Gasteiger partial charge is 0.481 e. The van der Waals surface area contributed by atoms with Crippen LogP contribution in [0.1, 0.15) is 119 Å². The number of carbonyl (C=O) groups excluding carboxylic acids is 3. The number of carbonyl (C=O) groups is 4. The van der Waals surface area contributed by atoms with E-state index in [0.29, 0.717) is 44.8 Å². The molecule has 5 aliphatic rings. The Kier molecular flexibility index (Phi) is 12.7. The number of benzene rings is 1. The highest BCUT2D eigenvalue weighted by Gasteiger charge is 2.72. The number of halogens is 3. The number of unbranched alkanes of at least 4 members (excludes halogenated alkanes) is 1. The van der Waals surface area contributed by atoms with Crippen molar-refractivity contribution in [2.75, 3.05) is 25.1 Å². The molecule has 12 atom stereocenters. The van der Waals surface area contributed by atoms with E-state index in [-0.39, 0.29) is 47.2 Å². The van der Waals surface area contributed by atoms with Gasteiger partial charge in [0.25, 0.3) is 0 Å². The van der Waals surface area contributed by atoms with Crippen molar-refractivity contribution < 1.29 is 51.7 Å². The number of esters is 2. The summed E-state index contributed by atoms with van der Waals surface area (Å²) in [5.41, 5.74) is 4.75. The van der Waals surface area contributed by atoms with E-state index in [1.807, 2.05) is 0 Å². The van der Waals surface area contributed by atoms with E-state index < -0.39 is 76.1 Å². The van der Waals surface area contributed by atoms with Crippen LogP contribution in [0.4, 0.5) is 23.7 Å². The molecule has 1 aromatic rings. The summed E-state index contributed by atoms with van der Waals surface area (Å²) in [5.74, 6) is -1.58. The summed E-state index contributed by atoms with van der Waals surface area (Å²) in [7, 11) is 0. The van der Waals surface area contributed by atoms with Crippen LogP contribution in [0, 0.1) is 56.7 Å². The standard InChI is InChI=1S/C46H66F3N3O8/c1-26(2)27(3)41(5)20-21-43(7)31-16-17-35-42(6)24-58-25-45(35,32(31)18-19-44(43,8)36(41)38(54)55)23-34(59-28(4)53)37(42)60-39(56)33(50)11-9-10-22-51-40(57)52-30-14-12-29(13-15-30)46(47,48)49/h12-15,18,26-27,31,33-37H,9-11,16-17,19-25,50H2,1-8H3,(H,54,55)(H2,51,52,57)/t27-,31+,33?,34-,35+,36-,37+,41-,42+,43-,44+,45+/m1/s1. The number of alkyl halides is 3. The van der Waals surface area contributed by atoms with Gasteiger partial charge in [0.2, 0.25) is 0 Å². The van der Waals surface area contributed by atoms with Crippen molar-refractivity contribution in [3.05, 3.63) is 41.5 Å². The predicted molar refractivity (Wildman–Crippen MR) is 219 cm³/mol. The van der Waals surface area contributed by atoms with Gasteiger partial charge in [-0.25, -0.2) is 4.79 Å². The second-order valence-electron chi connectivity index (χ2n) is 20.1. The van der Waals surface area contributed by atoms with E-state index in [0.717, 1.165) is 37.8 Å². The van der Waals surface area contributed by atoms with Gasteiger partial charge in [-0.3, -0.25) is 14.4 Å². The predicted octanol–water partition coefficient (Wildman–Crippen LogP) is 8.76. The van der Waals surface area contributed by atoms with Crippen LogP contribution in [0.5, 0.6) is 0 Å². The lowest BCUT2D eigenvalue weighted by atomic mass is 9.34. The number of nitrogens with one attached hydrogen (secondary N) is 2. The molecule has 6 rings (SSSR count). The quantitative estimate of drug-likeness (QED) is 0.0914. The zero-order valence-electron chi connectivity index (χ0n) is 36.5. The van der Waals surface area contributed by atoms with Crippen LogP contribution in [0.2, 0.25) is 0 Å². The number of rotatable bonds is 12. The van der Waals surface area contributed by atoms with Gasteiger partial charge in [-0.15, -0.1) is 0 Å². The zero-order chi connectivity index (χ0) is 44.2. The first-order chi connectivity index (χ1) is 27.9. The number of carboxylic acids is 1. The highest BCUT2D eigenvalue weighted by molar-refractivity contribution is 5.89. The van der Waals surface area contributed by atoms with E-state index in [9.17, 15) is 37.5 Å². The van der Waals surface area contributed by atoms with Gasteiger partial charge >= 0.3 is 30.1 Å². The molecule has 5 N–H and O–H groups in total. The van der Waals surface area contributed by atoms with Crippen LogP contribution < -0.4 is 16.4 Å². The Morgan fingerprint density at radius 1 is 0.967 bits per heavy atom. The minimum absolute atomic E-state index is 0.0555. The molecule has 1 heterocycles. The summed E-state index contributed by atoms with van der Waals surface area (Å²) in [6, 6.07) is 2.59. The van der Waals surface area contributed by atoms with Gasteiger partial charge in [0.05, 0.1) is 24.7 Å². The molecule has 2 amide bonds. The lowest BCUT2D eigenvalue weighted by Gasteiger charge is -2.71. The Morgan fingerprint density at radius 2 is 1.65 bits per heavy atom. The summed E-state index contributed by atoms with van der Waals surface area (Å²) in [6.07, 6.45) is 2.03. The second kappa shape index (κ2) is 16.6. The summed E-state index contributed by atoms with van der Waals surface area (Å²) in [5, 5.41) is 16.2. The lowest BCUT2D eigenvalue weighted by Crippen LogP contribution is -2.70. The molecule has 334 valence electrons. The van der Waals surface area contributed by atoms with Gasteiger partial charge in [0.15, 0.2) is 0 Å². The number of allylic oxidation sites excluding steroid dienone is 1. The molecule has 11 nitrogen and oxygen atoms in total. The van der Waals surface area contributed by atoms with E-state index in [2.05, 4.69) is 65.2 Å². The first-order valence-corrected chi connectivity index (χ1v) is 21.8. The molecule has 1 saturated heterocycles. The number of carboxylic acid groups (broad SMARTS) is 1. The average molecular weight is 846 g/mol. The Balaban J connectivity index is 1.14. The molecule has 1 aliphatic heterocycles. The Morgan fingerprint density at radius 3 is 2.27 bits per heavy atom. The minimum Gasteiger partial charge on any atom is -0.481 e. The molecule has 0 aromatic heterocycles. The average Bonchev–Trinajstić information content (AvgIpc) is 3.15. The van der Waals surface area contributed by atoms with Gasteiger partial charge in [-0.1, -0.05) is 60.1 Å². The number of amides is 2. The molecule has 0 radical (unpaired) electrons. The third-order valence-corrected chi connectivity index (χ3v) is 16.6. The second-order valence-corrected chi connectivity index (χ2v) is 20.1. The van der Waals surface area contributed by atoms with Crippen molar-refractivity contribution in [1.82, 2.24) is 5.32 Å². The van der Waals surface area contributed by atoms with E-state index in [1.54, 1.807) is 0 Å². The van der Waals surface area contributed by atoms with E-state index >= 15 is 0 Å². The van der Waals surface area contributed by atoms with Crippen molar-refractivity contribution in [2.24, 2.45) is 62.4 Å². The third kappa shape index (κ3) is 7.85. The van der Waals surface area contributed by atoms with Crippen molar-refractivity contribution in [1.29, 1.82) is 0 Å². The maximum absolute atomic E-state index is 13.7. The summed E-state index contributed by atoms with van der Waals surface area (Å²) < 4.78 is 57.4. The van der Waals surface area contributed by atoms with Crippen LogP contribution in [-0.2, 0) is 34.8 Å². The summed E-state index contributed by atoms with van der Waals surface area (Å²) >= 11 is 0. The van der Waals surface area contributed by atoms with Crippen LogP contribution in [0.25, 0.3) is 0 Å². The normalized spacial score (nSPS) is 37.0. The Labute approximate surface area is 352 Å². The summed E-state index contributed by atoms with van der Waals surface area (Å²) in [4.78, 5) is 52.2. The molecule has 4 fully saturated rings. The van der Waals surface area contributed by atoms with Gasteiger partial charge in [0.1, 0.15) is 18.2 Å². The molecule has 1 unspecified atom stereocenters. The van der Waals surface area contributed by atoms with Crippen LogP contribution in [-0.4, -0.2) is 67.1 Å². The fourth-order valence-electron chi connectivity index (χ4n) is 13.0. The highest BCUT2D eigenvalue weighted by atomic mass is 19.4. The van der Waals surface area contributed by atoms with Crippen molar-refractivity contribution in [3.63, 3.8) is 0 Å². The number of anilines is 1.